The van der Waals surface area contributed by atoms with Gasteiger partial charge in [-0.15, -0.1) is 6.42 Å². The number of aldehydes is 1. The summed E-state index contributed by atoms with van der Waals surface area (Å²) in [4.78, 5) is 68.1. The summed E-state index contributed by atoms with van der Waals surface area (Å²) in [6.07, 6.45) is 9.77. The number of carbonyl (C=O) groups excluding carboxylic acids is 5. The van der Waals surface area contributed by atoms with E-state index >= 15 is 0 Å². The van der Waals surface area contributed by atoms with Crippen LogP contribution in [-0.4, -0.2) is 247 Å². The second-order valence-corrected chi connectivity index (χ2v) is 30.4. The second-order valence-electron chi connectivity index (χ2n) is 30.4. The fourth-order valence-corrected chi connectivity index (χ4v) is 9.31. The summed E-state index contributed by atoms with van der Waals surface area (Å²) in [5, 5.41) is 17.8. The van der Waals surface area contributed by atoms with Gasteiger partial charge in [0, 0.05) is 231 Å². The number of aliphatic hydroxyl groups is 2. The fourth-order valence-electron chi connectivity index (χ4n) is 9.31. The van der Waals surface area contributed by atoms with Gasteiger partial charge in [0.15, 0.2) is 0 Å². The normalized spacial score (nSPS) is 19.3. The number of aliphatic hydroxyl groups excluding tert-OH is 2. The Labute approximate surface area is 871 Å². The summed E-state index contributed by atoms with van der Waals surface area (Å²) >= 11 is 0. The summed E-state index contributed by atoms with van der Waals surface area (Å²) in [5.41, 5.74) is 5.86. The molecule has 0 bridgehead atoms. The molecule has 5 heterocycles. The molecule has 6 radical (unpaired) electrons. The van der Waals surface area contributed by atoms with Gasteiger partial charge in [-0.3, -0.25) is 19.6 Å². The van der Waals surface area contributed by atoms with E-state index in [1.54, 1.807) is 72.9 Å². The molecule has 0 aromatic rings. The smallest absolute Gasteiger partial charge is 0.413 e. The van der Waals surface area contributed by atoms with Crippen LogP contribution in [0.1, 0.15) is 302 Å². The Morgan fingerprint density at radius 1 is 0.492 bits per heavy atom. The molecule has 33 heteroatoms. The Morgan fingerprint density at radius 2 is 0.771 bits per heavy atom. The van der Waals surface area contributed by atoms with E-state index in [1.807, 2.05) is 222 Å². The first-order valence-corrected chi connectivity index (χ1v) is 40.3. The standard InChI is InChI=1S/C15H29NO4.C15H25NO4.C14H23NO4.C12H19NO3.C8H16N2O2.C7H17NO2.C2H4O.6C2H6.6Y/c2*1-11(18-7)8-9-12-10-19-15(5,6)16(12)13(17)20-14(2,3)4;1-10(16)7-8-11-9-18-14(5,6)15(11)12(17)19-13(2,3)4;1-7-9-8-15-12(5,6)13(9)10(14)16-11(2,3)4;1-6(11-2)3-4-7-5-12-8(9)10-7;1-6(10-2)3-4-7(8)5-9;1-2-3;6*1-2;;;;;;/h11-12H,8-10H2,1-7H3;11-12H,10H2,1-7H3;10-11,16H,9H2,1-6H3;1,9H,8H2,2-6H3;6-7H,3-5H2,1-2H3,(H2,9,10);6-7,9H,3-5,8H2,1-2H3;2H,1H3;6*1-2H3;;;;;;/t2*11?,12-;10?,11-;;2*6?,7-;;;;;;;;;;;;;/m000.00............./s1. The summed E-state index contributed by atoms with van der Waals surface area (Å²) in [6, 6.07) is -0.565. The predicted octanol–water partition coefficient (Wildman–Crippen LogP) is 16.3. The zero-order valence-corrected chi connectivity index (χ0v) is 99.1. The van der Waals surface area contributed by atoms with Gasteiger partial charge in [-0.05, 0) is 219 Å². The molecular weight excluding hydrogens is 1970 g/mol. The number of hydrogen-bond donors (Lipinski definition) is 4. The van der Waals surface area contributed by atoms with E-state index in [0.717, 1.165) is 44.8 Å². The van der Waals surface area contributed by atoms with Gasteiger partial charge in [0.25, 0.3) is 6.02 Å². The van der Waals surface area contributed by atoms with Crippen molar-refractivity contribution >= 4 is 36.7 Å². The van der Waals surface area contributed by atoms with Gasteiger partial charge in [-0.2, -0.15) is 0 Å². The Bertz CT molecular complexity index is 2660. The summed E-state index contributed by atoms with van der Waals surface area (Å²) in [5.74, 6) is 14.0. The maximum Gasteiger partial charge on any atom is 0.413 e. The van der Waals surface area contributed by atoms with Gasteiger partial charge in [0.05, 0.1) is 63.4 Å². The minimum Gasteiger partial charge on any atom is -0.463 e. The number of terminal acetylenes is 1. The number of nitrogens with zero attached hydrogens (tertiary/aromatic N) is 5. The Morgan fingerprint density at radius 3 is 1.05 bits per heavy atom. The molecule has 6 unspecified atom stereocenters. The van der Waals surface area contributed by atoms with E-state index in [-0.39, 0.29) is 257 Å². The minimum atomic E-state index is -0.764. The number of methoxy groups -OCH3 is 4. The first kappa shape index (κ1) is 150. The van der Waals surface area contributed by atoms with Gasteiger partial charge in [0.2, 0.25) is 0 Å². The molecule has 4 saturated heterocycles. The Balaban J connectivity index is -0.0000000886. The molecule has 11 atom stereocenters. The van der Waals surface area contributed by atoms with Crippen LogP contribution < -0.4 is 11.5 Å². The largest absolute Gasteiger partial charge is 0.463 e. The number of amides is 4. The van der Waals surface area contributed by atoms with Crippen molar-refractivity contribution in [1.82, 2.24) is 19.6 Å². The van der Waals surface area contributed by atoms with Crippen LogP contribution in [-0.2, 0) is 263 Å². The number of carbonyl (C=O) groups is 5. The van der Waals surface area contributed by atoms with Crippen LogP contribution in [0.4, 0.5) is 19.2 Å². The molecule has 6 N–H and O–H groups in total. The second kappa shape index (κ2) is 81.1. The van der Waals surface area contributed by atoms with Crippen LogP contribution in [0, 0.1) is 36.0 Å². The van der Waals surface area contributed by atoms with Crippen LogP contribution in [0.5, 0.6) is 0 Å². The topological polar surface area (TPSA) is 323 Å². The van der Waals surface area contributed by atoms with Crippen molar-refractivity contribution in [3.8, 4) is 36.0 Å². The number of rotatable bonds is 14. The average molecular weight is 2140 g/mol. The van der Waals surface area contributed by atoms with Crippen LogP contribution in [0.15, 0.2) is 4.99 Å². The zero-order chi connectivity index (χ0) is 90.2. The van der Waals surface area contributed by atoms with Gasteiger partial charge >= 0.3 is 24.4 Å². The van der Waals surface area contributed by atoms with Crippen molar-refractivity contribution in [3.63, 3.8) is 0 Å². The molecule has 5 aliphatic rings. The van der Waals surface area contributed by atoms with Gasteiger partial charge in [0.1, 0.15) is 88.5 Å². The van der Waals surface area contributed by atoms with E-state index in [1.165, 1.54) is 16.7 Å². The number of nitrogens with two attached hydrogens (primary N) is 2. The molecule has 0 spiro atoms. The summed E-state index contributed by atoms with van der Waals surface area (Å²) in [7, 11) is 6.69. The Hall–Kier alpha value is 0.883. The van der Waals surface area contributed by atoms with E-state index < -0.39 is 75.7 Å². The molecule has 27 nitrogen and oxygen atoms in total. The molecule has 0 aromatic carbocycles. The van der Waals surface area contributed by atoms with Crippen molar-refractivity contribution in [1.29, 1.82) is 0 Å². The van der Waals surface area contributed by atoms with Crippen LogP contribution >= 0.6 is 0 Å². The van der Waals surface area contributed by atoms with Gasteiger partial charge in [-0.1, -0.05) is 113 Å². The molecule has 0 aromatic heterocycles. The van der Waals surface area contributed by atoms with E-state index in [2.05, 4.69) is 34.6 Å². The third-order valence-electron chi connectivity index (χ3n) is 14.8. The maximum atomic E-state index is 12.4. The Kier molecular flexibility index (Phi) is 103. The first-order chi connectivity index (χ1) is 51.7. The van der Waals surface area contributed by atoms with Crippen molar-refractivity contribution < 1.29 is 292 Å². The van der Waals surface area contributed by atoms with Crippen LogP contribution in [0.25, 0.3) is 0 Å². The number of ether oxygens (including phenoxy) is 13. The van der Waals surface area contributed by atoms with E-state index in [9.17, 15) is 24.3 Å². The van der Waals surface area contributed by atoms with Crippen molar-refractivity contribution in [2.75, 3.05) is 68.1 Å². The van der Waals surface area contributed by atoms with Crippen molar-refractivity contribution in [3.05, 3.63) is 0 Å². The van der Waals surface area contributed by atoms with E-state index in [4.69, 9.17) is 89.4 Å². The monoisotopic (exact) mass is 2140 g/mol. The summed E-state index contributed by atoms with van der Waals surface area (Å²) < 4.78 is 69.5. The number of hydrogen-bond acceptors (Lipinski definition) is 23. The molecule has 5 rings (SSSR count). The first-order valence-electron chi connectivity index (χ1n) is 40.3. The molecular formula is C85H169N7O20Y6. The zero-order valence-electron chi connectivity index (χ0n) is 82.1. The molecule has 4 fully saturated rings. The molecule has 4 amide bonds. The molecule has 5 aliphatic heterocycles. The quantitative estimate of drug-likeness (QED) is 0.0713. The summed E-state index contributed by atoms with van der Waals surface area (Å²) in [6.45, 7) is 73.9. The maximum absolute atomic E-state index is 12.4. The molecule has 0 saturated carbocycles. The minimum absolute atomic E-state index is 0. The van der Waals surface area contributed by atoms with Crippen molar-refractivity contribution in [2.45, 2.75) is 414 Å². The van der Waals surface area contributed by atoms with E-state index in [0.29, 0.717) is 45.2 Å². The predicted molar refractivity (Wildman–Crippen MR) is 453 cm³/mol. The number of amidine groups is 1. The van der Waals surface area contributed by atoms with Crippen molar-refractivity contribution in [2.24, 2.45) is 16.5 Å². The molecule has 0 aliphatic carbocycles. The SMILES string of the molecule is C#CC1COC(C)(C)N1C(=O)OC(C)(C)C.CC.CC.CC.CC.CC.CC.CC(O)C#C[C@H]1COC(C)(C)N1C(=O)OC(C)(C)C.CC=O.COC(C)C#C[C@H]1COC(C)(C)N1C(=O)OC(C)(C)C.COC(C)CC[C@H](N)CO.COC(C)CC[C@H]1COC(C)(C)N1C(=O)OC(C)(C)C.COC(C)CC[C@H]1COC(N)=N1.[Y].[Y].[Y].[Y].[Y].[Y]. The van der Waals surface area contributed by atoms with Crippen LogP contribution in [0.3, 0.4) is 0 Å². The fraction of sp³-hybridized carbons (Fsp3) is 0.859. The van der Waals surface area contributed by atoms with Gasteiger partial charge in [-0.25, -0.2) is 24.2 Å². The molecule has 118 heavy (non-hydrogen) atoms. The van der Waals surface area contributed by atoms with Crippen LogP contribution in [0.2, 0.25) is 0 Å². The average Bonchev–Trinajstić information content (AvgIpc) is 1.67. The molecule has 682 valence electrons. The number of aliphatic imine (C=N–C) groups is 1. The van der Waals surface area contributed by atoms with Gasteiger partial charge < -0.3 is 88.1 Å². The third-order valence-corrected chi connectivity index (χ3v) is 14.8. The third kappa shape index (κ3) is 72.8.